The predicted octanol–water partition coefficient (Wildman–Crippen LogP) is 1.07. The van der Waals surface area contributed by atoms with Gasteiger partial charge in [-0.1, -0.05) is 17.7 Å². The van der Waals surface area contributed by atoms with Crippen LogP contribution in [-0.2, 0) is 11.2 Å². The van der Waals surface area contributed by atoms with Gasteiger partial charge < -0.3 is 19.6 Å². The van der Waals surface area contributed by atoms with Crippen LogP contribution in [0.5, 0.6) is 5.75 Å². The SMILES string of the molecule is COc1ccc(C)cc1CC(=O)N1CC[C@@](O)(CN(C)C)C1. The Morgan fingerprint density at radius 2 is 2.18 bits per heavy atom. The van der Waals surface area contributed by atoms with Gasteiger partial charge in [0.2, 0.25) is 5.91 Å². The van der Waals surface area contributed by atoms with E-state index in [0.717, 1.165) is 16.9 Å². The number of hydrogen-bond acceptors (Lipinski definition) is 4. The van der Waals surface area contributed by atoms with Crippen molar-refractivity contribution in [1.29, 1.82) is 0 Å². The van der Waals surface area contributed by atoms with Gasteiger partial charge in [0, 0.05) is 18.7 Å². The van der Waals surface area contributed by atoms with Crippen molar-refractivity contribution < 1.29 is 14.6 Å². The van der Waals surface area contributed by atoms with Crippen LogP contribution in [0.2, 0.25) is 0 Å². The van der Waals surface area contributed by atoms with Gasteiger partial charge >= 0.3 is 0 Å². The van der Waals surface area contributed by atoms with E-state index >= 15 is 0 Å². The van der Waals surface area contributed by atoms with E-state index in [2.05, 4.69) is 0 Å². The molecule has 1 amide bonds. The van der Waals surface area contributed by atoms with Crippen LogP contribution in [-0.4, -0.2) is 67.3 Å². The second kappa shape index (κ2) is 6.67. The van der Waals surface area contributed by atoms with Gasteiger partial charge in [0.05, 0.1) is 25.7 Å². The first-order valence-electron chi connectivity index (χ1n) is 7.61. The number of benzene rings is 1. The molecule has 2 rings (SSSR count). The largest absolute Gasteiger partial charge is 0.496 e. The van der Waals surface area contributed by atoms with Crippen molar-refractivity contribution in [3.8, 4) is 5.75 Å². The molecule has 0 radical (unpaired) electrons. The van der Waals surface area contributed by atoms with Crippen LogP contribution in [0.15, 0.2) is 18.2 Å². The van der Waals surface area contributed by atoms with Gasteiger partial charge in [-0.25, -0.2) is 0 Å². The molecule has 1 aliphatic rings. The lowest BCUT2D eigenvalue weighted by molar-refractivity contribution is -0.130. The van der Waals surface area contributed by atoms with Crippen molar-refractivity contribution in [3.05, 3.63) is 29.3 Å². The molecule has 1 atom stereocenters. The van der Waals surface area contributed by atoms with Crippen molar-refractivity contribution in [2.45, 2.75) is 25.4 Å². The lowest BCUT2D eigenvalue weighted by Crippen LogP contribution is -2.43. The summed E-state index contributed by atoms with van der Waals surface area (Å²) >= 11 is 0. The second-order valence-electron chi connectivity index (χ2n) is 6.52. The van der Waals surface area contributed by atoms with Crippen LogP contribution in [0.1, 0.15) is 17.5 Å². The molecule has 1 heterocycles. The normalized spacial score (nSPS) is 21.5. The molecule has 0 bridgehead atoms. The minimum atomic E-state index is -0.796. The molecule has 1 aromatic rings. The summed E-state index contributed by atoms with van der Waals surface area (Å²) in [5.41, 5.74) is 1.21. The fourth-order valence-corrected chi connectivity index (χ4v) is 3.11. The van der Waals surface area contributed by atoms with E-state index in [1.54, 1.807) is 12.0 Å². The highest BCUT2D eigenvalue weighted by atomic mass is 16.5. The first-order chi connectivity index (χ1) is 10.3. The Hall–Kier alpha value is -1.59. The number of amides is 1. The molecular weight excluding hydrogens is 280 g/mol. The van der Waals surface area contributed by atoms with Gasteiger partial charge in [-0.05, 0) is 33.5 Å². The molecule has 0 aliphatic carbocycles. The van der Waals surface area contributed by atoms with Gasteiger partial charge in [0.25, 0.3) is 0 Å². The van der Waals surface area contributed by atoms with Gasteiger partial charge in [-0.2, -0.15) is 0 Å². The molecule has 122 valence electrons. The number of likely N-dealkylation sites (tertiary alicyclic amines) is 1. The third kappa shape index (κ3) is 3.99. The Bertz CT molecular complexity index is 545. The highest BCUT2D eigenvalue weighted by Gasteiger charge is 2.38. The summed E-state index contributed by atoms with van der Waals surface area (Å²) < 4.78 is 5.33. The zero-order valence-corrected chi connectivity index (χ0v) is 13.9. The number of ether oxygens (including phenoxy) is 1. The van der Waals surface area contributed by atoms with E-state index in [4.69, 9.17) is 4.74 Å². The third-order valence-corrected chi connectivity index (χ3v) is 4.07. The number of hydrogen-bond donors (Lipinski definition) is 1. The number of aryl methyl sites for hydroxylation is 1. The standard InChI is InChI=1S/C17H26N2O3/c1-13-5-6-15(22-4)14(9-13)10-16(20)19-8-7-17(21,12-19)11-18(2)3/h5-6,9,21H,7-8,10-12H2,1-4H3/t17-/m1/s1. The number of aliphatic hydroxyl groups is 1. The summed E-state index contributed by atoms with van der Waals surface area (Å²) in [5.74, 6) is 0.778. The van der Waals surface area contributed by atoms with E-state index in [1.165, 1.54) is 0 Å². The highest BCUT2D eigenvalue weighted by Crippen LogP contribution is 2.25. The number of β-amino-alcohol motifs (C(OH)–C–C–N with tert-alkyl or cyclic N) is 1. The van der Waals surface area contributed by atoms with E-state index in [1.807, 2.05) is 44.1 Å². The van der Waals surface area contributed by atoms with Crippen LogP contribution in [0.25, 0.3) is 0 Å². The van der Waals surface area contributed by atoms with E-state index in [-0.39, 0.29) is 5.91 Å². The third-order valence-electron chi connectivity index (χ3n) is 4.07. The fraction of sp³-hybridized carbons (Fsp3) is 0.588. The molecule has 22 heavy (non-hydrogen) atoms. The zero-order valence-electron chi connectivity index (χ0n) is 13.9. The maximum absolute atomic E-state index is 12.5. The van der Waals surface area contributed by atoms with Crippen LogP contribution in [0.4, 0.5) is 0 Å². The molecule has 1 saturated heterocycles. The Morgan fingerprint density at radius 1 is 1.45 bits per heavy atom. The summed E-state index contributed by atoms with van der Waals surface area (Å²) in [7, 11) is 5.48. The Balaban J connectivity index is 2.03. The highest BCUT2D eigenvalue weighted by molar-refractivity contribution is 5.80. The lowest BCUT2D eigenvalue weighted by atomic mass is 10.0. The number of rotatable bonds is 5. The number of methoxy groups -OCH3 is 1. The topological polar surface area (TPSA) is 53.0 Å². The average Bonchev–Trinajstić information content (AvgIpc) is 2.80. The summed E-state index contributed by atoms with van der Waals surface area (Å²) in [4.78, 5) is 16.2. The van der Waals surface area contributed by atoms with E-state index < -0.39 is 5.60 Å². The Morgan fingerprint density at radius 3 is 2.82 bits per heavy atom. The maximum atomic E-state index is 12.5. The fourth-order valence-electron chi connectivity index (χ4n) is 3.11. The first-order valence-corrected chi connectivity index (χ1v) is 7.61. The molecule has 5 nitrogen and oxygen atoms in total. The molecule has 1 N–H and O–H groups in total. The molecule has 1 aromatic carbocycles. The lowest BCUT2D eigenvalue weighted by Gasteiger charge is -2.26. The minimum Gasteiger partial charge on any atom is -0.496 e. The molecule has 0 unspecified atom stereocenters. The molecule has 0 spiro atoms. The maximum Gasteiger partial charge on any atom is 0.227 e. The summed E-state index contributed by atoms with van der Waals surface area (Å²) in [6.07, 6.45) is 0.935. The van der Waals surface area contributed by atoms with Gasteiger partial charge in [0.15, 0.2) is 0 Å². The predicted molar refractivity (Wildman–Crippen MR) is 86.1 cm³/mol. The molecule has 1 fully saturated rings. The van der Waals surface area contributed by atoms with Crippen molar-refractivity contribution in [2.75, 3.05) is 40.8 Å². The summed E-state index contributed by atoms with van der Waals surface area (Å²) in [6.45, 7) is 3.58. The van der Waals surface area contributed by atoms with Gasteiger partial charge in [-0.3, -0.25) is 4.79 Å². The van der Waals surface area contributed by atoms with Crippen LogP contribution in [0.3, 0.4) is 0 Å². The molecular formula is C17H26N2O3. The quantitative estimate of drug-likeness (QED) is 0.884. The second-order valence-corrected chi connectivity index (χ2v) is 6.52. The van der Waals surface area contributed by atoms with E-state index in [9.17, 15) is 9.90 Å². The van der Waals surface area contributed by atoms with Crippen LogP contribution < -0.4 is 4.74 Å². The Labute approximate surface area is 132 Å². The number of carbonyl (C=O) groups is 1. The smallest absolute Gasteiger partial charge is 0.227 e. The zero-order chi connectivity index (χ0) is 16.3. The first kappa shape index (κ1) is 16.8. The van der Waals surface area contributed by atoms with E-state index in [0.29, 0.717) is 32.5 Å². The summed E-state index contributed by atoms with van der Waals surface area (Å²) in [6, 6.07) is 5.85. The number of likely N-dealkylation sites (N-methyl/N-ethyl adjacent to an activating group) is 1. The summed E-state index contributed by atoms with van der Waals surface area (Å²) in [5, 5.41) is 10.5. The van der Waals surface area contributed by atoms with Crippen LogP contribution in [0, 0.1) is 6.92 Å². The average molecular weight is 306 g/mol. The van der Waals surface area contributed by atoms with Gasteiger partial charge in [-0.15, -0.1) is 0 Å². The monoisotopic (exact) mass is 306 g/mol. The van der Waals surface area contributed by atoms with Gasteiger partial charge in [0.1, 0.15) is 5.75 Å². The van der Waals surface area contributed by atoms with Crippen LogP contribution >= 0.6 is 0 Å². The van der Waals surface area contributed by atoms with Crippen molar-refractivity contribution in [3.63, 3.8) is 0 Å². The van der Waals surface area contributed by atoms with Crippen molar-refractivity contribution in [1.82, 2.24) is 9.80 Å². The Kier molecular flexibility index (Phi) is 5.08. The van der Waals surface area contributed by atoms with Crippen molar-refractivity contribution >= 4 is 5.91 Å². The minimum absolute atomic E-state index is 0.0404. The van der Waals surface area contributed by atoms with Crippen molar-refractivity contribution in [2.24, 2.45) is 0 Å². The molecule has 0 aromatic heterocycles. The molecule has 5 heteroatoms. The molecule has 0 saturated carbocycles. The number of nitrogens with zero attached hydrogens (tertiary/aromatic N) is 2. The molecule has 1 aliphatic heterocycles. The number of carbonyl (C=O) groups excluding carboxylic acids is 1.